The fourth-order valence-corrected chi connectivity index (χ4v) is 3.77. The highest BCUT2D eigenvalue weighted by atomic mass is 19.1. The Bertz CT molecular complexity index is 970. The van der Waals surface area contributed by atoms with E-state index >= 15 is 0 Å². The van der Waals surface area contributed by atoms with Crippen molar-refractivity contribution in [2.45, 2.75) is 12.5 Å². The van der Waals surface area contributed by atoms with Crippen LogP contribution in [-0.4, -0.2) is 49.0 Å². The number of urea groups is 1. The molecule has 1 atom stereocenters. The van der Waals surface area contributed by atoms with Crippen molar-refractivity contribution in [2.75, 3.05) is 27.2 Å². The molecule has 4 rings (SSSR count). The Hall–Kier alpha value is -3.35. The van der Waals surface area contributed by atoms with Gasteiger partial charge in [-0.2, -0.15) is 0 Å². The molecule has 0 fully saturated rings. The van der Waals surface area contributed by atoms with E-state index in [9.17, 15) is 14.0 Å². The maximum absolute atomic E-state index is 13.3. The van der Waals surface area contributed by atoms with Crippen LogP contribution in [0.3, 0.4) is 0 Å². The van der Waals surface area contributed by atoms with Crippen LogP contribution in [0.2, 0.25) is 0 Å². The third kappa shape index (κ3) is 3.55. The first kappa shape index (κ1) is 19.0. The first-order chi connectivity index (χ1) is 14.0. The van der Waals surface area contributed by atoms with Crippen molar-refractivity contribution in [2.24, 2.45) is 0 Å². The minimum Gasteiger partial charge on any atom is -0.497 e. The van der Waals surface area contributed by atoms with E-state index in [0.29, 0.717) is 36.3 Å². The summed E-state index contributed by atoms with van der Waals surface area (Å²) >= 11 is 0. The van der Waals surface area contributed by atoms with Crippen molar-refractivity contribution in [1.82, 2.24) is 15.1 Å². The fraction of sp³-hybridized carbons (Fsp3) is 0.273. The summed E-state index contributed by atoms with van der Waals surface area (Å²) in [6, 6.07) is 12.8. The maximum atomic E-state index is 13.3. The molecule has 29 heavy (non-hydrogen) atoms. The van der Waals surface area contributed by atoms with Crippen LogP contribution < -0.4 is 10.1 Å². The Morgan fingerprint density at radius 1 is 1.10 bits per heavy atom. The average Bonchev–Trinajstić information content (AvgIpc) is 3.07. The summed E-state index contributed by atoms with van der Waals surface area (Å²) < 4.78 is 18.5. The molecule has 2 aliphatic rings. The third-order valence-electron chi connectivity index (χ3n) is 5.47. The number of halogens is 1. The second kappa shape index (κ2) is 7.58. The third-order valence-corrected chi connectivity index (χ3v) is 5.47. The predicted molar refractivity (Wildman–Crippen MR) is 106 cm³/mol. The molecule has 0 saturated carbocycles. The van der Waals surface area contributed by atoms with Gasteiger partial charge in [0.05, 0.1) is 31.0 Å². The molecule has 0 aromatic heterocycles. The Kier molecular flexibility index (Phi) is 4.96. The molecule has 0 spiro atoms. The van der Waals surface area contributed by atoms with Gasteiger partial charge < -0.3 is 15.0 Å². The molecule has 0 radical (unpaired) electrons. The van der Waals surface area contributed by atoms with Crippen LogP contribution >= 0.6 is 0 Å². The zero-order valence-corrected chi connectivity index (χ0v) is 16.3. The number of nitrogens with zero attached hydrogens (tertiary/aromatic N) is 2. The summed E-state index contributed by atoms with van der Waals surface area (Å²) in [6.45, 7) is 0.919. The Morgan fingerprint density at radius 2 is 1.79 bits per heavy atom. The van der Waals surface area contributed by atoms with Crippen molar-refractivity contribution < 1.29 is 18.7 Å². The number of rotatable bonds is 5. The number of amides is 3. The van der Waals surface area contributed by atoms with Gasteiger partial charge in [0, 0.05) is 13.6 Å². The van der Waals surface area contributed by atoms with Crippen LogP contribution in [0.1, 0.15) is 17.2 Å². The van der Waals surface area contributed by atoms with E-state index in [1.54, 1.807) is 31.2 Å². The van der Waals surface area contributed by atoms with E-state index in [1.807, 2.05) is 24.3 Å². The summed E-state index contributed by atoms with van der Waals surface area (Å²) in [5, 5.41) is 2.86. The van der Waals surface area contributed by atoms with Gasteiger partial charge in [-0.1, -0.05) is 24.3 Å². The van der Waals surface area contributed by atoms with Crippen molar-refractivity contribution in [3.05, 3.63) is 76.7 Å². The number of ether oxygens (including phenoxy) is 1. The van der Waals surface area contributed by atoms with Crippen LogP contribution in [0.25, 0.3) is 0 Å². The Morgan fingerprint density at radius 3 is 2.45 bits per heavy atom. The van der Waals surface area contributed by atoms with E-state index in [-0.39, 0.29) is 17.8 Å². The largest absolute Gasteiger partial charge is 0.497 e. The summed E-state index contributed by atoms with van der Waals surface area (Å²) in [7, 11) is 3.28. The van der Waals surface area contributed by atoms with Crippen LogP contribution in [0, 0.1) is 5.82 Å². The van der Waals surface area contributed by atoms with Gasteiger partial charge in [-0.15, -0.1) is 0 Å². The van der Waals surface area contributed by atoms with Crippen LogP contribution in [-0.2, 0) is 11.2 Å². The van der Waals surface area contributed by atoms with Gasteiger partial charge in [0.15, 0.2) is 0 Å². The molecular formula is C22H22FN3O3. The molecule has 6 nitrogen and oxygen atoms in total. The molecule has 150 valence electrons. The number of hydrogen-bond donors (Lipinski definition) is 1. The van der Waals surface area contributed by atoms with Crippen LogP contribution in [0.5, 0.6) is 5.75 Å². The SMILES string of the molecule is COc1ccc(CCN2CC3=C(C2=O)C(c2ccc(F)cc2)NC(=O)N3C)cc1. The number of methoxy groups -OCH3 is 1. The molecule has 1 N–H and O–H groups in total. The molecule has 3 amide bonds. The number of carbonyl (C=O) groups is 2. The lowest BCUT2D eigenvalue weighted by Gasteiger charge is -2.31. The summed E-state index contributed by atoms with van der Waals surface area (Å²) in [5.41, 5.74) is 3.03. The zero-order valence-electron chi connectivity index (χ0n) is 16.3. The second-order valence-corrected chi connectivity index (χ2v) is 7.18. The molecule has 2 aromatic rings. The molecule has 7 heteroatoms. The summed E-state index contributed by atoms with van der Waals surface area (Å²) in [4.78, 5) is 28.8. The number of benzene rings is 2. The second-order valence-electron chi connectivity index (χ2n) is 7.18. The molecule has 1 unspecified atom stereocenters. The molecule has 2 aromatic carbocycles. The van der Waals surface area contributed by atoms with Gasteiger partial charge in [-0.25, -0.2) is 9.18 Å². The first-order valence-corrected chi connectivity index (χ1v) is 9.43. The molecular weight excluding hydrogens is 373 g/mol. The van der Waals surface area contributed by atoms with Crippen LogP contribution in [0.15, 0.2) is 59.8 Å². The first-order valence-electron chi connectivity index (χ1n) is 9.43. The van der Waals surface area contributed by atoms with Crippen LogP contribution in [0.4, 0.5) is 9.18 Å². The molecule has 0 aliphatic carbocycles. The van der Waals surface area contributed by atoms with Gasteiger partial charge in [0.1, 0.15) is 11.6 Å². The molecule has 0 saturated heterocycles. The van der Waals surface area contributed by atoms with Crippen molar-refractivity contribution in [3.8, 4) is 5.75 Å². The highest BCUT2D eigenvalue weighted by molar-refractivity contribution is 6.01. The van der Waals surface area contributed by atoms with Crippen molar-refractivity contribution in [1.29, 1.82) is 0 Å². The fourth-order valence-electron chi connectivity index (χ4n) is 3.77. The predicted octanol–water partition coefficient (Wildman–Crippen LogP) is 2.87. The number of hydrogen-bond acceptors (Lipinski definition) is 3. The maximum Gasteiger partial charge on any atom is 0.322 e. The minimum absolute atomic E-state index is 0.102. The summed E-state index contributed by atoms with van der Waals surface area (Å²) in [5.74, 6) is 0.326. The molecule has 0 bridgehead atoms. The lowest BCUT2D eigenvalue weighted by atomic mass is 9.96. The van der Waals surface area contributed by atoms with Gasteiger partial charge in [0.25, 0.3) is 5.91 Å². The molecule has 2 heterocycles. The normalized spacial score (nSPS) is 18.8. The molecule has 2 aliphatic heterocycles. The Balaban J connectivity index is 1.54. The standard InChI is InChI=1S/C22H22FN3O3/c1-25-18-13-26(12-11-14-3-9-17(29-2)10-4-14)21(27)19(18)20(24-22(25)28)15-5-7-16(23)8-6-15/h3-10,20H,11-13H2,1-2H3,(H,24,28). The highest BCUT2D eigenvalue weighted by Crippen LogP contribution is 2.35. The van der Waals surface area contributed by atoms with Gasteiger partial charge in [-0.05, 0) is 41.8 Å². The highest BCUT2D eigenvalue weighted by Gasteiger charge is 2.42. The quantitative estimate of drug-likeness (QED) is 0.847. The van der Waals surface area contributed by atoms with Gasteiger partial charge in [-0.3, -0.25) is 9.69 Å². The Labute approximate surface area is 168 Å². The smallest absolute Gasteiger partial charge is 0.322 e. The number of likely N-dealkylation sites (N-methyl/N-ethyl adjacent to an activating group) is 1. The van der Waals surface area contributed by atoms with E-state index in [4.69, 9.17) is 4.74 Å². The van der Waals surface area contributed by atoms with Crippen molar-refractivity contribution in [3.63, 3.8) is 0 Å². The van der Waals surface area contributed by atoms with E-state index in [0.717, 1.165) is 11.3 Å². The lowest BCUT2D eigenvalue weighted by molar-refractivity contribution is -0.125. The average molecular weight is 395 g/mol. The monoisotopic (exact) mass is 395 g/mol. The van der Waals surface area contributed by atoms with Crippen molar-refractivity contribution >= 4 is 11.9 Å². The van der Waals surface area contributed by atoms with Gasteiger partial charge in [0.2, 0.25) is 0 Å². The van der Waals surface area contributed by atoms with Gasteiger partial charge >= 0.3 is 6.03 Å². The zero-order chi connectivity index (χ0) is 20.5. The topological polar surface area (TPSA) is 61.9 Å². The van der Waals surface area contributed by atoms with E-state index < -0.39 is 6.04 Å². The lowest BCUT2D eigenvalue weighted by Crippen LogP contribution is -2.45. The minimum atomic E-state index is -0.576. The van der Waals surface area contributed by atoms with E-state index in [1.165, 1.54) is 17.0 Å². The number of carbonyl (C=O) groups excluding carboxylic acids is 2. The number of nitrogens with one attached hydrogen (secondary N) is 1. The summed E-state index contributed by atoms with van der Waals surface area (Å²) in [6.07, 6.45) is 0.697. The van der Waals surface area contributed by atoms with E-state index in [2.05, 4.69) is 5.32 Å².